The zero-order valence-electron chi connectivity index (χ0n) is 16.5. The van der Waals surface area contributed by atoms with Crippen LogP contribution in [-0.2, 0) is 9.47 Å². The van der Waals surface area contributed by atoms with Gasteiger partial charge < -0.3 is 55.1 Å². The van der Waals surface area contributed by atoms with Gasteiger partial charge in [0, 0.05) is 6.08 Å². The molecule has 2 aromatic rings. The van der Waals surface area contributed by atoms with Gasteiger partial charge in [0.25, 0.3) is 11.9 Å². The summed E-state index contributed by atoms with van der Waals surface area (Å²) in [6.45, 7) is -0.646. The van der Waals surface area contributed by atoms with Crippen LogP contribution in [0, 0.1) is 0 Å². The van der Waals surface area contributed by atoms with Crippen LogP contribution >= 0.6 is 0 Å². The Morgan fingerprint density at radius 2 is 1.59 bits per heavy atom. The van der Waals surface area contributed by atoms with E-state index in [1.54, 1.807) is 12.1 Å². The standard InChI is InChI=1S/C21H22O11/c22-7-14-17(27)18(28)19(29)21(32-14)31-13-5-10-12(6-11(24)16(26)15(10)25)30-20(13)8-1-3-9(23)4-2-8/h1-6,14,17-29H,7H2/p+1. The lowest BCUT2D eigenvalue weighted by Crippen LogP contribution is -2.59. The summed E-state index contributed by atoms with van der Waals surface area (Å²) in [5.41, 5.74) is 0.547. The molecule has 0 amide bonds. The molecule has 0 radical (unpaired) electrons. The number of hydrogen-bond donors (Lipinski definition) is 8. The molecule has 1 saturated heterocycles. The molecule has 2 aliphatic heterocycles. The third-order valence-corrected chi connectivity index (χ3v) is 5.41. The summed E-state index contributed by atoms with van der Waals surface area (Å²) in [4.78, 5) is 0. The molecule has 0 spiro atoms. The number of hydrogen-bond acceptors (Lipinski definition) is 10. The Morgan fingerprint density at radius 3 is 2.25 bits per heavy atom. The van der Waals surface area contributed by atoms with Crippen molar-refractivity contribution in [3.05, 3.63) is 47.2 Å². The molecule has 172 valence electrons. The molecule has 0 saturated carbocycles. The van der Waals surface area contributed by atoms with Crippen LogP contribution in [0.4, 0.5) is 0 Å². The SMILES string of the molecule is OCC1OC(OC2=Cc3c(cc(O)c(O)c3O)[OH+]C2c2ccc(O)cc2)C(O)C(O)C1O. The molecule has 1 fully saturated rings. The van der Waals surface area contributed by atoms with E-state index < -0.39 is 60.7 Å². The maximum atomic E-state index is 10.3. The van der Waals surface area contributed by atoms with Crippen molar-refractivity contribution in [1.82, 2.24) is 0 Å². The van der Waals surface area contributed by atoms with Gasteiger partial charge in [0.2, 0.25) is 12.0 Å². The highest BCUT2D eigenvalue weighted by Crippen LogP contribution is 2.50. The third kappa shape index (κ3) is 3.76. The van der Waals surface area contributed by atoms with E-state index in [1.807, 2.05) is 0 Å². The fraction of sp³-hybridized carbons (Fsp3) is 0.333. The highest BCUT2D eigenvalue weighted by Gasteiger charge is 2.46. The Kier molecular flexibility index (Phi) is 5.75. The lowest BCUT2D eigenvalue weighted by Gasteiger charge is -2.40. The van der Waals surface area contributed by atoms with Gasteiger partial charge in [0.1, 0.15) is 35.7 Å². The molecule has 2 aromatic carbocycles. The lowest BCUT2D eigenvalue weighted by molar-refractivity contribution is -0.295. The number of ether oxygens (including phenoxy) is 3. The minimum Gasteiger partial charge on any atom is -0.571 e. The average Bonchev–Trinajstić information content (AvgIpc) is 2.78. The Hall–Kier alpha value is -3.22. The van der Waals surface area contributed by atoms with E-state index >= 15 is 0 Å². The van der Waals surface area contributed by atoms with E-state index in [1.165, 1.54) is 18.2 Å². The Morgan fingerprint density at radius 1 is 0.906 bits per heavy atom. The van der Waals surface area contributed by atoms with Gasteiger partial charge in [0.15, 0.2) is 17.3 Å². The summed E-state index contributed by atoms with van der Waals surface area (Å²) in [6, 6.07) is 7.09. The number of aliphatic hydroxyl groups excluding tert-OH is 4. The summed E-state index contributed by atoms with van der Waals surface area (Å²) in [7, 11) is 0. The second-order valence-corrected chi connectivity index (χ2v) is 7.51. The highest BCUT2D eigenvalue weighted by atomic mass is 16.7. The zero-order chi connectivity index (χ0) is 23.2. The van der Waals surface area contributed by atoms with Crippen LogP contribution in [0.3, 0.4) is 0 Å². The molecule has 32 heavy (non-hydrogen) atoms. The van der Waals surface area contributed by atoms with Gasteiger partial charge in [-0.1, -0.05) is 0 Å². The molecule has 2 aliphatic rings. The van der Waals surface area contributed by atoms with Crippen LogP contribution in [-0.4, -0.2) is 82.9 Å². The molecule has 0 aliphatic carbocycles. The molecule has 6 atom stereocenters. The van der Waals surface area contributed by atoms with Crippen molar-refractivity contribution < 1.29 is 55.1 Å². The summed E-state index contributed by atoms with van der Waals surface area (Å²) < 4.78 is 15.6. The van der Waals surface area contributed by atoms with Gasteiger partial charge in [0.05, 0.1) is 18.2 Å². The van der Waals surface area contributed by atoms with Crippen molar-refractivity contribution >= 4 is 6.08 Å². The van der Waals surface area contributed by atoms with Crippen LogP contribution in [0.25, 0.3) is 6.08 Å². The molecule has 9 N–H and O–H groups in total. The molecule has 11 nitrogen and oxygen atoms in total. The van der Waals surface area contributed by atoms with E-state index in [-0.39, 0.29) is 22.8 Å². The van der Waals surface area contributed by atoms with E-state index in [0.717, 1.165) is 6.07 Å². The van der Waals surface area contributed by atoms with Crippen LogP contribution < -0.4 is 0 Å². The third-order valence-electron chi connectivity index (χ3n) is 5.41. The minimum absolute atomic E-state index is 0.00514. The first-order valence-electron chi connectivity index (χ1n) is 9.67. The Bertz CT molecular complexity index is 1020. The Balaban J connectivity index is 1.75. The number of phenols is 4. The van der Waals surface area contributed by atoms with E-state index in [0.29, 0.717) is 5.56 Å². The molecule has 6 unspecified atom stereocenters. The van der Waals surface area contributed by atoms with Gasteiger partial charge >= 0.3 is 0 Å². The second kappa shape index (κ2) is 8.37. The summed E-state index contributed by atoms with van der Waals surface area (Å²) in [5.74, 6) is -1.83. The quantitative estimate of drug-likeness (QED) is 0.173. The molecule has 0 aromatic heterocycles. The van der Waals surface area contributed by atoms with Crippen LogP contribution in [0.15, 0.2) is 36.1 Å². The van der Waals surface area contributed by atoms with Crippen molar-refractivity contribution in [3.63, 3.8) is 0 Å². The summed E-state index contributed by atoms with van der Waals surface area (Å²) >= 11 is 0. The van der Waals surface area contributed by atoms with Crippen molar-refractivity contribution in [1.29, 1.82) is 0 Å². The van der Waals surface area contributed by atoms with E-state index in [4.69, 9.17) is 9.47 Å². The number of fused-ring (bicyclic) bond motifs is 1. The van der Waals surface area contributed by atoms with Crippen molar-refractivity contribution in [3.8, 4) is 28.7 Å². The van der Waals surface area contributed by atoms with Crippen molar-refractivity contribution in [2.75, 3.05) is 6.61 Å². The van der Waals surface area contributed by atoms with Gasteiger partial charge in [-0.3, -0.25) is 0 Å². The topological polar surface area (TPSA) is 193 Å². The minimum atomic E-state index is -1.68. The summed E-state index contributed by atoms with van der Waals surface area (Å²) in [5, 5.41) is 79.3. The maximum absolute atomic E-state index is 10.3. The predicted molar refractivity (Wildman–Crippen MR) is 107 cm³/mol. The summed E-state index contributed by atoms with van der Waals surface area (Å²) in [6.07, 6.45) is -7.21. The predicted octanol–water partition coefficient (Wildman–Crippen LogP) is -0.337. The maximum Gasteiger partial charge on any atom is 0.270 e. The van der Waals surface area contributed by atoms with Crippen molar-refractivity contribution in [2.24, 2.45) is 0 Å². The lowest BCUT2D eigenvalue weighted by atomic mass is 9.98. The monoisotopic (exact) mass is 451 g/mol. The van der Waals surface area contributed by atoms with Crippen molar-refractivity contribution in [2.45, 2.75) is 36.8 Å². The Labute approximate surface area is 181 Å². The highest BCUT2D eigenvalue weighted by molar-refractivity contribution is 5.73. The zero-order valence-corrected chi connectivity index (χ0v) is 16.5. The fourth-order valence-electron chi connectivity index (χ4n) is 3.61. The van der Waals surface area contributed by atoms with E-state index in [2.05, 4.69) is 4.74 Å². The number of rotatable bonds is 4. The smallest absolute Gasteiger partial charge is 0.270 e. The van der Waals surface area contributed by atoms with Crippen LogP contribution in [0.1, 0.15) is 17.2 Å². The van der Waals surface area contributed by atoms with E-state index in [9.17, 15) is 40.9 Å². The normalized spacial score (nSPS) is 29.6. The van der Waals surface area contributed by atoms with Crippen LogP contribution in [0.2, 0.25) is 0 Å². The second-order valence-electron chi connectivity index (χ2n) is 7.51. The van der Waals surface area contributed by atoms with Crippen LogP contribution in [0.5, 0.6) is 28.7 Å². The molecular weight excluding hydrogens is 428 g/mol. The van der Waals surface area contributed by atoms with Gasteiger partial charge in [-0.05, 0) is 24.3 Å². The number of phenolic OH excluding ortho intramolecular Hbond substituents is 4. The first kappa shape index (κ1) is 22.0. The average molecular weight is 451 g/mol. The first-order chi connectivity index (χ1) is 15.2. The number of aromatic hydroxyl groups is 5. The molecule has 4 rings (SSSR count). The first-order valence-corrected chi connectivity index (χ1v) is 9.67. The molecule has 11 heteroatoms. The molecule has 0 bridgehead atoms. The fourth-order valence-corrected chi connectivity index (χ4v) is 3.61. The number of aliphatic hydroxyl groups is 5. The van der Waals surface area contributed by atoms with Gasteiger partial charge in [-0.15, -0.1) is 0 Å². The van der Waals surface area contributed by atoms with Gasteiger partial charge in [-0.25, -0.2) is 0 Å². The largest absolute Gasteiger partial charge is 0.571 e. The number of benzene rings is 2. The molecule has 2 heterocycles. The molecular formula is C21H23O11+. The van der Waals surface area contributed by atoms with Gasteiger partial charge in [-0.2, -0.15) is 0 Å².